The first-order valence-electron chi connectivity index (χ1n) is 8.45. The highest BCUT2D eigenvalue weighted by atomic mass is 31.2. The third-order valence-corrected chi connectivity index (χ3v) is 4.60. The second-order valence-electron chi connectivity index (χ2n) is 6.54. The average molecular weight is 395 g/mol. The smallest absolute Gasteiger partial charge is 0.362 e. The van der Waals surface area contributed by atoms with Crippen LogP contribution in [-0.4, -0.2) is 30.4 Å². The van der Waals surface area contributed by atoms with E-state index in [1.54, 1.807) is 12.1 Å². The molecule has 2 aromatic carbocycles. The molecule has 7 nitrogen and oxygen atoms in total. The van der Waals surface area contributed by atoms with E-state index in [2.05, 4.69) is 19.9 Å². The Morgan fingerprint density at radius 1 is 1.07 bits per heavy atom. The summed E-state index contributed by atoms with van der Waals surface area (Å²) in [6, 6.07) is 9.10. The molecule has 4 N–H and O–H groups in total. The van der Waals surface area contributed by atoms with Crippen LogP contribution in [0.25, 0.3) is 0 Å². The Kier molecular flexibility index (Phi) is 6.76. The maximum absolute atomic E-state index is 11.0. The van der Waals surface area contributed by atoms with Crippen LogP contribution < -0.4 is 19.9 Å². The summed E-state index contributed by atoms with van der Waals surface area (Å²) in [5.74, 6) is 1.59. The first kappa shape index (κ1) is 21.1. The maximum atomic E-state index is 11.0. The Morgan fingerprint density at radius 3 is 2.15 bits per heavy atom. The van der Waals surface area contributed by atoms with Crippen molar-refractivity contribution in [1.82, 2.24) is 0 Å². The van der Waals surface area contributed by atoms with Gasteiger partial charge in [-0.3, -0.25) is 4.57 Å². The van der Waals surface area contributed by atoms with Gasteiger partial charge in [-0.15, -0.1) is 0 Å². The van der Waals surface area contributed by atoms with E-state index in [9.17, 15) is 4.57 Å². The van der Waals surface area contributed by atoms with Crippen molar-refractivity contribution in [2.45, 2.75) is 26.2 Å². The molecule has 0 bridgehead atoms. The summed E-state index contributed by atoms with van der Waals surface area (Å²) in [4.78, 5) is 18.0. The van der Waals surface area contributed by atoms with Crippen LogP contribution in [0.4, 0.5) is 5.69 Å². The van der Waals surface area contributed by atoms with E-state index in [1.165, 1.54) is 14.2 Å². The summed E-state index contributed by atoms with van der Waals surface area (Å²) in [5.41, 5.74) is 9.75. The van der Waals surface area contributed by atoms with Gasteiger partial charge in [0.25, 0.3) is 0 Å². The van der Waals surface area contributed by atoms with Gasteiger partial charge in [-0.25, -0.2) is 0 Å². The van der Waals surface area contributed by atoms with Crippen molar-refractivity contribution in [3.05, 3.63) is 47.0 Å². The average Bonchev–Trinajstić information content (AvgIpc) is 2.61. The fourth-order valence-corrected chi connectivity index (χ4v) is 3.13. The fourth-order valence-electron chi connectivity index (χ4n) is 2.81. The number of hydrogen-bond acceptors (Lipinski definition) is 5. The molecule has 2 rings (SSSR count). The topological polar surface area (TPSA) is 111 Å². The fraction of sp³-hybridized carbons (Fsp3) is 0.368. The molecule has 0 aliphatic carbocycles. The van der Waals surface area contributed by atoms with Crippen LogP contribution in [0.15, 0.2) is 30.3 Å². The predicted octanol–water partition coefficient (Wildman–Crippen LogP) is 3.51. The molecule has 0 saturated carbocycles. The number of methoxy groups -OCH3 is 2. The normalized spacial score (nSPS) is 11.5. The number of benzene rings is 2. The van der Waals surface area contributed by atoms with Gasteiger partial charge in [0.05, 0.1) is 14.2 Å². The van der Waals surface area contributed by atoms with Crippen LogP contribution in [0, 0.1) is 0 Å². The Balaban J connectivity index is 2.38. The second-order valence-corrected chi connectivity index (χ2v) is 8.13. The molecule has 2 aromatic rings. The molecule has 0 radical (unpaired) electrons. The molecule has 0 atom stereocenters. The highest BCUT2D eigenvalue weighted by molar-refractivity contribution is 7.51. The molecule has 0 aliphatic heterocycles. The Bertz CT molecular complexity index is 821. The van der Waals surface area contributed by atoms with Gasteiger partial charge in [-0.1, -0.05) is 26.0 Å². The van der Waals surface area contributed by atoms with Crippen molar-refractivity contribution in [2.24, 2.45) is 0 Å². The molecule has 0 amide bonds. The van der Waals surface area contributed by atoms with Crippen LogP contribution in [0.2, 0.25) is 0 Å². The first-order chi connectivity index (χ1) is 12.6. The summed E-state index contributed by atoms with van der Waals surface area (Å²) in [7, 11) is -1.24. The largest absolute Gasteiger partial charge is 0.496 e. The molecule has 0 unspecified atom stereocenters. The molecule has 0 aromatic heterocycles. The van der Waals surface area contributed by atoms with Crippen molar-refractivity contribution >= 4 is 13.3 Å². The Labute approximate surface area is 159 Å². The van der Waals surface area contributed by atoms with Gasteiger partial charge >= 0.3 is 7.60 Å². The minimum atomic E-state index is -4.28. The molecule has 8 heteroatoms. The lowest BCUT2D eigenvalue weighted by atomic mass is 9.95. The van der Waals surface area contributed by atoms with Gasteiger partial charge in [0.1, 0.15) is 17.2 Å². The monoisotopic (exact) mass is 395 g/mol. The minimum absolute atomic E-state index is 0.260. The van der Waals surface area contributed by atoms with Crippen LogP contribution in [0.1, 0.15) is 36.5 Å². The summed E-state index contributed by atoms with van der Waals surface area (Å²) in [5, 5.41) is 0. The lowest BCUT2D eigenvalue weighted by Crippen LogP contribution is -2.03. The molecular weight excluding hydrogens is 369 g/mol. The number of rotatable bonds is 8. The molecule has 0 fully saturated rings. The Hall–Kier alpha value is -2.21. The van der Waals surface area contributed by atoms with Crippen molar-refractivity contribution in [2.75, 3.05) is 26.3 Å². The molecule has 148 valence electrons. The lowest BCUT2D eigenvalue weighted by molar-refractivity contribution is 0.297. The summed E-state index contributed by atoms with van der Waals surface area (Å²) in [6.45, 7) is 4.17. The zero-order chi connectivity index (χ0) is 20.2. The predicted molar refractivity (Wildman–Crippen MR) is 105 cm³/mol. The SMILES string of the molecule is COc1cc(OCP(=O)(O)O)cc(OC)c1Cc1ccc(N)c(C(C)C)c1. The molecular formula is C19H26NO6P. The zero-order valence-corrected chi connectivity index (χ0v) is 16.8. The third kappa shape index (κ3) is 5.63. The minimum Gasteiger partial charge on any atom is -0.496 e. The van der Waals surface area contributed by atoms with Crippen LogP contribution in [0.3, 0.4) is 0 Å². The van der Waals surface area contributed by atoms with E-state index in [-0.39, 0.29) is 5.75 Å². The van der Waals surface area contributed by atoms with Crippen molar-refractivity contribution in [1.29, 1.82) is 0 Å². The molecule has 27 heavy (non-hydrogen) atoms. The summed E-state index contributed by atoms with van der Waals surface area (Å²) < 4.78 is 27.1. The number of ether oxygens (including phenoxy) is 3. The summed E-state index contributed by atoms with van der Waals surface area (Å²) in [6.07, 6.45) is -0.167. The molecule has 0 saturated heterocycles. The zero-order valence-electron chi connectivity index (χ0n) is 15.9. The van der Waals surface area contributed by atoms with E-state index in [0.717, 1.165) is 22.4 Å². The number of nitrogens with two attached hydrogens (primary N) is 1. The number of nitrogen functional groups attached to an aromatic ring is 1. The van der Waals surface area contributed by atoms with E-state index >= 15 is 0 Å². The van der Waals surface area contributed by atoms with E-state index in [0.29, 0.717) is 23.8 Å². The van der Waals surface area contributed by atoms with Gasteiger partial charge < -0.3 is 29.7 Å². The Morgan fingerprint density at radius 2 is 1.67 bits per heavy atom. The van der Waals surface area contributed by atoms with Gasteiger partial charge in [0, 0.05) is 29.8 Å². The van der Waals surface area contributed by atoms with Crippen molar-refractivity contribution < 1.29 is 28.6 Å². The van der Waals surface area contributed by atoms with E-state index in [1.807, 2.05) is 12.1 Å². The van der Waals surface area contributed by atoms with Crippen LogP contribution >= 0.6 is 7.60 Å². The highest BCUT2D eigenvalue weighted by Crippen LogP contribution is 2.39. The summed E-state index contributed by atoms with van der Waals surface area (Å²) >= 11 is 0. The van der Waals surface area contributed by atoms with Gasteiger partial charge in [-0.2, -0.15) is 0 Å². The van der Waals surface area contributed by atoms with E-state index in [4.69, 9.17) is 29.7 Å². The van der Waals surface area contributed by atoms with Gasteiger partial charge in [0.2, 0.25) is 0 Å². The molecule has 0 spiro atoms. The first-order valence-corrected chi connectivity index (χ1v) is 10.2. The van der Waals surface area contributed by atoms with Crippen molar-refractivity contribution in [3.63, 3.8) is 0 Å². The van der Waals surface area contributed by atoms with Crippen LogP contribution in [0.5, 0.6) is 17.2 Å². The van der Waals surface area contributed by atoms with Gasteiger partial charge in [-0.05, 0) is 23.1 Å². The quantitative estimate of drug-likeness (QED) is 0.463. The number of anilines is 1. The highest BCUT2D eigenvalue weighted by Gasteiger charge is 2.18. The van der Waals surface area contributed by atoms with Gasteiger partial charge in [0.15, 0.2) is 6.35 Å². The standard InChI is InChI=1S/C19H26NO6P/c1-12(2)15-7-13(5-6-17(15)20)8-16-18(24-3)9-14(10-19(16)25-4)26-11-27(21,22)23/h5-7,9-10,12H,8,11,20H2,1-4H3,(H2,21,22,23). The third-order valence-electron chi connectivity index (χ3n) is 4.13. The van der Waals surface area contributed by atoms with Crippen LogP contribution in [-0.2, 0) is 11.0 Å². The molecule has 0 heterocycles. The lowest BCUT2D eigenvalue weighted by Gasteiger charge is -2.17. The number of hydrogen-bond donors (Lipinski definition) is 3. The maximum Gasteiger partial charge on any atom is 0.362 e. The van der Waals surface area contributed by atoms with Crippen molar-refractivity contribution in [3.8, 4) is 17.2 Å². The van der Waals surface area contributed by atoms with E-state index < -0.39 is 13.9 Å². The second kappa shape index (κ2) is 8.65. The molecule has 0 aliphatic rings.